The lowest BCUT2D eigenvalue weighted by molar-refractivity contribution is -0.137. The third kappa shape index (κ3) is 9.21. The van der Waals surface area contributed by atoms with Crippen molar-refractivity contribution in [2.24, 2.45) is 0 Å². The number of nitrogens with one attached hydrogen (secondary N) is 2. The fraction of sp³-hybridized carbons (Fsp3) is 0.600. The smallest absolute Gasteiger partial charge is 0.250 e. The first-order valence-electron chi connectivity index (χ1n) is 10.1. The SMILES string of the molecule is COCCNS(=O)(=O)Cc1cccc(NC(=O)COCC(=O)N2CCCCCC2)c1. The van der Waals surface area contributed by atoms with E-state index >= 15 is 0 Å². The van der Waals surface area contributed by atoms with Crippen molar-refractivity contribution >= 4 is 27.5 Å². The van der Waals surface area contributed by atoms with Gasteiger partial charge < -0.3 is 19.7 Å². The van der Waals surface area contributed by atoms with E-state index < -0.39 is 15.9 Å². The maximum Gasteiger partial charge on any atom is 0.250 e. The second-order valence-electron chi connectivity index (χ2n) is 7.18. The van der Waals surface area contributed by atoms with Gasteiger partial charge >= 0.3 is 0 Å². The predicted molar refractivity (Wildman–Crippen MR) is 113 cm³/mol. The second kappa shape index (κ2) is 12.6. The summed E-state index contributed by atoms with van der Waals surface area (Å²) in [5, 5.41) is 2.66. The van der Waals surface area contributed by atoms with E-state index in [1.165, 1.54) is 7.11 Å². The molecule has 0 aromatic heterocycles. The number of rotatable bonds is 11. The predicted octanol–water partition coefficient (Wildman–Crippen LogP) is 1.11. The summed E-state index contributed by atoms with van der Waals surface area (Å²) >= 11 is 0. The number of methoxy groups -OCH3 is 1. The fourth-order valence-electron chi connectivity index (χ4n) is 3.15. The minimum atomic E-state index is -3.50. The average molecular weight is 442 g/mol. The lowest BCUT2D eigenvalue weighted by atomic mass is 10.2. The van der Waals surface area contributed by atoms with Crippen LogP contribution in [0.3, 0.4) is 0 Å². The van der Waals surface area contributed by atoms with E-state index in [0.717, 1.165) is 38.8 Å². The van der Waals surface area contributed by atoms with E-state index in [0.29, 0.717) is 11.3 Å². The zero-order valence-corrected chi connectivity index (χ0v) is 18.2. The summed E-state index contributed by atoms with van der Waals surface area (Å²) in [6.07, 6.45) is 4.27. The number of amides is 2. The molecule has 2 amide bonds. The lowest BCUT2D eigenvalue weighted by Gasteiger charge is -2.20. The van der Waals surface area contributed by atoms with Crippen molar-refractivity contribution < 1.29 is 27.5 Å². The van der Waals surface area contributed by atoms with Gasteiger partial charge in [0.05, 0.1) is 12.4 Å². The van der Waals surface area contributed by atoms with Crippen LogP contribution in [-0.2, 0) is 34.8 Å². The molecular formula is C20H31N3O6S. The summed E-state index contributed by atoms with van der Waals surface area (Å²) < 4.78 is 36.6. The second-order valence-corrected chi connectivity index (χ2v) is 8.99. The van der Waals surface area contributed by atoms with Gasteiger partial charge in [-0.05, 0) is 30.5 Å². The zero-order chi connectivity index (χ0) is 21.8. The molecule has 0 aliphatic carbocycles. The van der Waals surface area contributed by atoms with Gasteiger partial charge in [0.15, 0.2) is 0 Å². The normalized spacial score (nSPS) is 14.9. The largest absolute Gasteiger partial charge is 0.383 e. The Labute approximate surface area is 178 Å². The van der Waals surface area contributed by atoms with Gasteiger partial charge in [0.2, 0.25) is 21.8 Å². The number of carbonyl (C=O) groups is 2. The summed E-state index contributed by atoms with van der Waals surface area (Å²) in [4.78, 5) is 26.0. The minimum Gasteiger partial charge on any atom is -0.383 e. The molecule has 1 fully saturated rings. The van der Waals surface area contributed by atoms with Gasteiger partial charge in [-0.2, -0.15) is 0 Å². The van der Waals surface area contributed by atoms with Crippen LogP contribution in [0.5, 0.6) is 0 Å². The summed E-state index contributed by atoms with van der Waals surface area (Å²) in [5.74, 6) is -0.712. The molecule has 10 heteroatoms. The highest BCUT2D eigenvalue weighted by Gasteiger charge is 2.16. The molecular weight excluding hydrogens is 410 g/mol. The number of benzene rings is 1. The molecule has 0 bridgehead atoms. The van der Waals surface area contributed by atoms with E-state index in [-0.39, 0.29) is 38.0 Å². The van der Waals surface area contributed by atoms with Crippen LogP contribution in [-0.4, -0.2) is 71.7 Å². The number of hydrogen-bond acceptors (Lipinski definition) is 6. The van der Waals surface area contributed by atoms with Gasteiger partial charge in [0, 0.05) is 32.4 Å². The molecule has 1 aromatic rings. The van der Waals surface area contributed by atoms with Crippen molar-refractivity contribution in [2.45, 2.75) is 31.4 Å². The number of nitrogens with zero attached hydrogens (tertiary/aromatic N) is 1. The van der Waals surface area contributed by atoms with Crippen molar-refractivity contribution in [1.29, 1.82) is 0 Å². The van der Waals surface area contributed by atoms with Crippen molar-refractivity contribution in [1.82, 2.24) is 9.62 Å². The quantitative estimate of drug-likeness (QED) is 0.497. The number of anilines is 1. The van der Waals surface area contributed by atoms with Gasteiger partial charge in [0.1, 0.15) is 13.2 Å². The molecule has 1 aliphatic rings. The minimum absolute atomic E-state index is 0.0992. The molecule has 0 atom stereocenters. The third-order valence-electron chi connectivity index (χ3n) is 4.61. The molecule has 9 nitrogen and oxygen atoms in total. The molecule has 1 aliphatic heterocycles. The molecule has 2 rings (SSSR count). The number of hydrogen-bond donors (Lipinski definition) is 2. The van der Waals surface area contributed by atoms with E-state index in [2.05, 4.69) is 10.0 Å². The lowest BCUT2D eigenvalue weighted by Crippen LogP contribution is -2.35. The van der Waals surface area contributed by atoms with E-state index in [1.807, 2.05) is 0 Å². The highest BCUT2D eigenvalue weighted by atomic mass is 32.2. The van der Waals surface area contributed by atoms with Crippen molar-refractivity contribution in [2.75, 3.05) is 51.9 Å². The van der Waals surface area contributed by atoms with Crippen LogP contribution in [0, 0.1) is 0 Å². The molecule has 1 aromatic carbocycles. The Balaban J connectivity index is 1.77. The fourth-order valence-corrected chi connectivity index (χ4v) is 4.26. The van der Waals surface area contributed by atoms with E-state index in [4.69, 9.17) is 9.47 Å². The molecule has 168 valence electrons. The van der Waals surface area contributed by atoms with Crippen LogP contribution in [0.4, 0.5) is 5.69 Å². The van der Waals surface area contributed by atoms with Crippen LogP contribution in [0.1, 0.15) is 31.2 Å². The summed E-state index contributed by atoms with van der Waals surface area (Å²) in [6, 6.07) is 6.59. The molecule has 2 N–H and O–H groups in total. The van der Waals surface area contributed by atoms with Gasteiger partial charge in [-0.15, -0.1) is 0 Å². The molecule has 1 heterocycles. The third-order valence-corrected chi connectivity index (χ3v) is 5.97. The maximum atomic E-state index is 12.2. The number of ether oxygens (including phenoxy) is 2. The first-order chi connectivity index (χ1) is 14.4. The van der Waals surface area contributed by atoms with Crippen LogP contribution in [0.2, 0.25) is 0 Å². The Morgan fingerprint density at radius 2 is 1.83 bits per heavy atom. The van der Waals surface area contributed by atoms with Crippen molar-refractivity contribution in [3.05, 3.63) is 29.8 Å². The Bertz CT molecular complexity index is 791. The van der Waals surface area contributed by atoms with Gasteiger partial charge in [-0.25, -0.2) is 13.1 Å². The van der Waals surface area contributed by atoms with Crippen LogP contribution in [0.25, 0.3) is 0 Å². The Morgan fingerprint density at radius 3 is 2.53 bits per heavy atom. The van der Waals surface area contributed by atoms with Crippen LogP contribution < -0.4 is 10.0 Å². The molecule has 0 radical (unpaired) electrons. The van der Waals surface area contributed by atoms with Gasteiger partial charge in [-0.1, -0.05) is 25.0 Å². The van der Waals surface area contributed by atoms with Gasteiger partial charge in [0.25, 0.3) is 0 Å². The zero-order valence-electron chi connectivity index (χ0n) is 17.4. The summed E-state index contributed by atoms with van der Waals surface area (Å²) in [5.41, 5.74) is 1.00. The van der Waals surface area contributed by atoms with Crippen LogP contribution in [0.15, 0.2) is 24.3 Å². The molecule has 0 spiro atoms. The topological polar surface area (TPSA) is 114 Å². The number of sulfonamides is 1. The molecule has 30 heavy (non-hydrogen) atoms. The molecule has 1 saturated heterocycles. The first-order valence-corrected chi connectivity index (χ1v) is 11.8. The first kappa shape index (κ1) is 24.3. The average Bonchev–Trinajstić information content (AvgIpc) is 2.97. The molecule has 0 unspecified atom stereocenters. The Kier molecular flexibility index (Phi) is 10.2. The summed E-state index contributed by atoms with van der Waals surface area (Å²) in [7, 11) is -2.00. The van der Waals surface area contributed by atoms with Crippen molar-refractivity contribution in [3.63, 3.8) is 0 Å². The highest BCUT2D eigenvalue weighted by molar-refractivity contribution is 7.88. The number of carbonyl (C=O) groups excluding carboxylic acids is 2. The maximum absolute atomic E-state index is 12.2. The van der Waals surface area contributed by atoms with Crippen molar-refractivity contribution in [3.8, 4) is 0 Å². The molecule has 0 saturated carbocycles. The monoisotopic (exact) mass is 441 g/mol. The Hall–Kier alpha value is -2.01. The van der Waals surface area contributed by atoms with E-state index in [1.54, 1.807) is 29.2 Å². The standard InChI is InChI=1S/C20H31N3O6S/c1-28-12-9-21-30(26,27)16-17-7-6-8-18(13-17)22-19(24)14-29-15-20(25)23-10-4-2-3-5-11-23/h6-8,13,21H,2-5,9-12,14-16H2,1H3,(H,22,24). The van der Waals surface area contributed by atoms with Crippen LogP contribution >= 0.6 is 0 Å². The Morgan fingerprint density at radius 1 is 1.10 bits per heavy atom. The summed E-state index contributed by atoms with van der Waals surface area (Å²) in [6.45, 7) is 1.59. The van der Waals surface area contributed by atoms with E-state index in [9.17, 15) is 18.0 Å². The number of likely N-dealkylation sites (tertiary alicyclic amines) is 1. The van der Waals surface area contributed by atoms with Gasteiger partial charge in [-0.3, -0.25) is 9.59 Å². The highest BCUT2D eigenvalue weighted by Crippen LogP contribution is 2.13.